The van der Waals surface area contributed by atoms with E-state index in [1.807, 2.05) is 4.90 Å². The van der Waals surface area contributed by atoms with E-state index in [2.05, 4.69) is 15.3 Å². The zero-order valence-electron chi connectivity index (χ0n) is 20.5. The minimum Gasteiger partial charge on any atom is -0.391 e. The van der Waals surface area contributed by atoms with Crippen LogP contribution < -0.4 is 16.0 Å². The van der Waals surface area contributed by atoms with Crippen molar-refractivity contribution in [3.05, 3.63) is 47.5 Å². The average Bonchev–Trinajstić information content (AvgIpc) is 2.82. The molecule has 1 aromatic carbocycles. The van der Waals surface area contributed by atoms with E-state index in [1.54, 1.807) is 25.7 Å². The molecular weight excluding hydrogens is 492 g/mol. The predicted octanol–water partition coefficient (Wildman–Crippen LogP) is 3.66. The van der Waals surface area contributed by atoms with Gasteiger partial charge in [-0.3, -0.25) is 9.69 Å². The van der Waals surface area contributed by atoms with E-state index in [4.69, 9.17) is 5.73 Å². The second-order valence-corrected chi connectivity index (χ2v) is 9.44. The number of halogens is 4. The lowest BCUT2D eigenvalue weighted by atomic mass is 9.89. The van der Waals surface area contributed by atoms with E-state index in [0.29, 0.717) is 25.1 Å². The summed E-state index contributed by atoms with van der Waals surface area (Å²) in [5.74, 6) is -1.37. The van der Waals surface area contributed by atoms with Crippen LogP contribution >= 0.6 is 0 Å². The number of hydrogen-bond donors (Lipinski definition) is 3. The SMILES string of the molecule is C.CCN(Cc1ccc(C(F)(F)F)cc1)c1ncnc(NCC2CCN(C(C)(C)C(N)=O)C[C@H]2O)c1F. The van der Waals surface area contributed by atoms with Gasteiger partial charge in [0.25, 0.3) is 0 Å². The molecule has 0 bridgehead atoms. The maximum Gasteiger partial charge on any atom is 0.416 e. The topological polar surface area (TPSA) is 108 Å². The second kappa shape index (κ2) is 12.0. The second-order valence-electron chi connectivity index (χ2n) is 9.44. The van der Waals surface area contributed by atoms with Gasteiger partial charge in [0.2, 0.25) is 11.7 Å². The average molecular weight is 529 g/mol. The van der Waals surface area contributed by atoms with Gasteiger partial charge in [-0.25, -0.2) is 9.97 Å². The molecule has 37 heavy (non-hydrogen) atoms. The van der Waals surface area contributed by atoms with Crippen LogP contribution in [0.25, 0.3) is 0 Å². The Morgan fingerprint density at radius 3 is 2.43 bits per heavy atom. The van der Waals surface area contributed by atoms with Gasteiger partial charge in [-0.15, -0.1) is 0 Å². The summed E-state index contributed by atoms with van der Waals surface area (Å²) < 4.78 is 53.8. The maximum atomic E-state index is 15.3. The molecule has 2 heterocycles. The lowest BCUT2D eigenvalue weighted by Crippen LogP contribution is -2.59. The van der Waals surface area contributed by atoms with Gasteiger partial charge in [0.1, 0.15) is 6.33 Å². The summed E-state index contributed by atoms with van der Waals surface area (Å²) in [5.41, 5.74) is 4.42. The third kappa shape index (κ3) is 7.07. The zero-order chi connectivity index (χ0) is 26.7. The number of carbonyl (C=O) groups excluding carboxylic acids is 1. The van der Waals surface area contributed by atoms with Crippen molar-refractivity contribution in [1.82, 2.24) is 14.9 Å². The number of primary amides is 1. The number of aliphatic hydroxyl groups excluding tert-OH is 1. The normalized spacial score (nSPS) is 18.7. The van der Waals surface area contributed by atoms with E-state index in [1.165, 1.54) is 18.5 Å². The minimum atomic E-state index is -4.43. The third-order valence-corrected chi connectivity index (χ3v) is 6.75. The Bertz CT molecular complexity index is 1050. The van der Waals surface area contributed by atoms with Gasteiger partial charge in [-0.2, -0.15) is 17.6 Å². The molecule has 1 unspecified atom stereocenters. The molecule has 2 aromatic rings. The van der Waals surface area contributed by atoms with Crippen LogP contribution in [0.5, 0.6) is 0 Å². The van der Waals surface area contributed by atoms with Crippen LogP contribution in [0, 0.1) is 11.7 Å². The van der Waals surface area contributed by atoms with Crippen molar-refractivity contribution in [3.8, 4) is 0 Å². The fraction of sp³-hybridized carbons (Fsp3) is 0.560. The molecule has 206 valence electrons. The van der Waals surface area contributed by atoms with Gasteiger partial charge >= 0.3 is 6.18 Å². The van der Waals surface area contributed by atoms with Gasteiger partial charge in [0, 0.05) is 32.1 Å². The number of amides is 1. The fourth-order valence-corrected chi connectivity index (χ4v) is 4.17. The first-order valence-corrected chi connectivity index (χ1v) is 11.7. The quantitative estimate of drug-likeness (QED) is 0.427. The number of carbonyl (C=O) groups is 1. The number of rotatable bonds is 9. The van der Waals surface area contributed by atoms with Crippen molar-refractivity contribution < 1.29 is 27.5 Å². The Morgan fingerprint density at radius 2 is 1.89 bits per heavy atom. The third-order valence-electron chi connectivity index (χ3n) is 6.75. The highest BCUT2D eigenvalue weighted by molar-refractivity contribution is 5.83. The molecule has 0 radical (unpaired) electrons. The van der Waals surface area contributed by atoms with Crippen molar-refractivity contribution in [1.29, 1.82) is 0 Å². The van der Waals surface area contributed by atoms with E-state index in [0.717, 1.165) is 12.1 Å². The fourth-order valence-electron chi connectivity index (χ4n) is 4.17. The van der Waals surface area contributed by atoms with Crippen molar-refractivity contribution in [2.45, 2.75) is 59.0 Å². The molecule has 2 atom stereocenters. The highest BCUT2D eigenvalue weighted by atomic mass is 19.4. The number of likely N-dealkylation sites (tertiary alicyclic amines) is 1. The Kier molecular flexibility index (Phi) is 9.84. The number of β-amino-alcohol motifs (C(OH)–C–C–N with tert-alkyl or cyclic N) is 1. The zero-order valence-corrected chi connectivity index (χ0v) is 20.5. The van der Waals surface area contributed by atoms with Crippen molar-refractivity contribution in [2.75, 3.05) is 36.4 Å². The van der Waals surface area contributed by atoms with Crippen LogP contribution in [0.4, 0.5) is 29.2 Å². The standard InChI is InChI=1S/C24H32F4N6O2.CH4/c1-4-33(12-15-5-7-17(8-6-15)24(26,27)28)21-19(25)20(31-14-32-21)30-11-16-9-10-34(13-18(16)35)23(2,3)22(29)36;/h5-8,14,16,18,35H,4,9-13H2,1-3H3,(H2,29,36)(H,30,31,32);1H4/t16?,18-;/m1./s1. The molecule has 1 saturated heterocycles. The van der Waals surface area contributed by atoms with Crippen LogP contribution in [0.3, 0.4) is 0 Å². The molecule has 1 aliphatic heterocycles. The molecular formula is C25H36F4N6O2. The number of anilines is 2. The van der Waals surface area contributed by atoms with Crippen molar-refractivity contribution in [2.24, 2.45) is 11.7 Å². The first kappa shape index (κ1) is 30.2. The van der Waals surface area contributed by atoms with Crippen LogP contribution in [0.2, 0.25) is 0 Å². The Balaban J connectivity index is 0.00000481. The van der Waals surface area contributed by atoms with Gasteiger partial charge in [-0.05, 0) is 51.4 Å². The molecule has 1 fully saturated rings. The number of alkyl halides is 3. The molecule has 12 heteroatoms. The lowest BCUT2D eigenvalue weighted by Gasteiger charge is -2.43. The molecule has 0 saturated carbocycles. The predicted molar refractivity (Wildman–Crippen MR) is 134 cm³/mol. The van der Waals surface area contributed by atoms with Gasteiger partial charge in [-0.1, -0.05) is 19.6 Å². The molecule has 3 rings (SSSR count). The van der Waals surface area contributed by atoms with E-state index in [-0.39, 0.29) is 44.6 Å². The molecule has 1 aliphatic rings. The molecule has 1 aromatic heterocycles. The Hall–Kier alpha value is -2.99. The first-order valence-electron chi connectivity index (χ1n) is 11.7. The highest BCUT2D eigenvalue weighted by Crippen LogP contribution is 2.30. The molecule has 8 nitrogen and oxygen atoms in total. The number of piperidine rings is 1. The molecule has 0 aliphatic carbocycles. The van der Waals surface area contributed by atoms with Gasteiger partial charge < -0.3 is 21.1 Å². The summed E-state index contributed by atoms with van der Waals surface area (Å²) in [4.78, 5) is 23.2. The van der Waals surface area contributed by atoms with Crippen LogP contribution in [-0.4, -0.2) is 63.7 Å². The van der Waals surface area contributed by atoms with Crippen LogP contribution in [0.1, 0.15) is 45.7 Å². The maximum absolute atomic E-state index is 15.3. The number of benzene rings is 1. The number of nitrogens with zero attached hydrogens (tertiary/aromatic N) is 4. The Labute approximate surface area is 214 Å². The van der Waals surface area contributed by atoms with E-state index < -0.39 is 35.1 Å². The van der Waals surface area contributed by atoms with Crippen molar-refractivity contribution in [3.63, 3.8) is 0 Å². The van der Waals surface area contributed by atoms with E-state index >= 15 is 4.39 Å². The molecule has 1 amide bonds. The lowest BCUT2D eigenvalue weighted by molar-refractivity contribution is -0.137. The van der Waals surface area contributed by atoms with Crippen LogP contribution in [0.15, 0.2) is 30.6 Å². The summed E-state index contributed by atoms with van der Waals surface area (Å²) in [6.45, 7) is 6.80. The van der Waals surface area contributed by atoms with Gasteiger partial charge in [0.05, 0.1) is 17.2 Å². The summed E-state index contributed by atoms with van der Waals surface area (Å²) in [6, 6.07) is 4.70. The summed E-state index contributed by atoms with van der Waals surface area (Å²) in [6.07, 6.45) is -3.39. The summed E-state index contributed by atoms with van der Waals surface area (Å²) in [5, 5.41) is 13.6. The largest absolute Gasteiger partial charge is 0.416 e. The van der Waals surface area contributed by atoms with Crippen LogP contribution in [-0.2, 0) is 17.5 Å². The smallest absolute Gasteiger partial charge is 0.391 e. The minimum absolute atomic E-state index is 0. The van der Waals surface area contributed by atoms with Crippen molar-refractivity contribution >= 4 is 17.5 Å². The number of aliphatic hydroxyl groups is 1. The molecule has 0 spiro atoms. The number of nitrogens with one attached hydrogen (secondary N) is 1. The first-order chi connectivity index (χ1) is 16.8. The summed E-state index contributed by atoms with van der Waals surface area (Å²) in [7, 11) is 0. The van der Waals surface area contributed by atoms with E-state index in [9.17, 15) is 23.1 Å². The number of nitrogens with two attached hydrogens (primary N) is 1. The number of hydrogen-bond acceptors (Lipinski definition) is 7. The monoisotopic (exact) mass is 528 g/mol. The Morgan fingerprint density at radius 1 is 1.24 bits per heavy atom. The number of aromatic nitrogens is 2. The van der Waals surface area contributed by atoms with Gasteiger partial charge in [0.15, 0.2) is 11.6 Å². The summed E-state index contributed by atoms with van der Waals surface area (Å²) >= 11 is 0. The highest BCUT2D eigenvalue weighted by Gasteiger charge is 2.38. The molecule has 4 N–H and O–H groups in total.